The van der Waals surface area contributed by atoms with Crippen LogP contribution >= 0.6 is 15.9 Å². The summed E-state index contributed by atoms with van der Waals surface area (Å²) in [6, 6.07) is 7.16. The van der Waals surface area contributed by atoms with Crippen molar-refractivity contribution >= 4 is 15.9 Å². The summed E-state index contributed by atoms with van der Waals surface area (Å²) >= 11 is 3.32. The van der Waals surface area contributed by atoms with Gasteiger partial charge in [0.25, 0.3) is 0 Å². The summed E-state index contributed by atoms with van der Waals surface area (Å²) in [5.41, 5.74) is 2.00. The molecule has 0 aliphatic carbocycles. The van der Waals surface area contributed by atoms with Crippen LogP contribution in [0.3, 0.4) is 0 Å². The van der Waals surface area contributed by atoms with E-state index in [4.69, 9.17) is 0 Å². The zero-order valence-electron chi connectivity index (χ0n) is 11.3. The summed E-state index contributed by atoms with van der Waals surface area (Å²) in [6.45, 7) is 3.02. The molecule has 1 atom stereocenters. The summed E-state index contributed by atoms with van der Waals surface area (Å²) in [4.78, 5) is 0. The molecule has 2 rings (SSSR count). The molecule has 0 bridgehead atoms. The first-order valence-electron chi connectivity index (χ1n) is 6.65. The van der Waals surface area contributed by atoms with E-state index in [0.717, 1.165) is 24.1 Å². The predicted molar refractivity (Wildman–Crippen MR) is 80.9 cm³/mol. The maximum absolute atomic E-state index is 13.6. The molecule has 1 N–H and O–H groups in total. The van der Waals surface area contributed by atoms with Gasteiger partial charge in [-0.15, -0.1) is 0 Å². The SMILES string of the molecule is CCCNC(Cc1cccc(F)c1Br)c1ccnnc1. The fraction of sp³-hybridized carbons (Fsp3) is 0.333. The van der Waals surface area contributed by atoms with Gasteiger partial charge in [0.05, 0.1) is 10.7 Å². The first kappa shape index (κ1) is 15.1. The molecule has 1 aromatic heterocycles. The second-order valence-corrected chi connectivity index (χ2v) is 5.39. The van der Waals surface area contributed by atoms with E-state index in [9.17, 15) is 4.39 Å². The van der Waals surface area contributed by atoms with Crippen molar-refractivity contribution in [2.24, 2.45) is 0 Å². The lowest BCUT2D eigenvalue weighted by atomic mass is 10.0. The molecule has 3 nitrogen and oxygen atoms in total. The quantitative estimate of drug-likeness (QED) is 0.873. The summed E-state index contributed by atoms with van der Waals surface area (Å²) < 4.78 is 14.1. The van der Waals surface area contributed by atoms with Crippen LogP contribution in [0.15, 0.2) is 41.1 Å². The third kappa shape index (κ3) is 3.84. The van der Waals surface area contributed by atoms with Crippen molar-refractivity contribution in [1.82, 2.24) is 15.5 Å². The Morgan fingerprint density at radius 2 is 2.15 bits per heavy atom. The molecule has 0 saturated heterocycles. The Bertz CT molecular complexity index is 548. The molecule has 2 aromatic rings. The Morgan fingerprint density at radius 1 is 1.30 bits per heavy atom. The molecule has 0 amide bonds. The van der Waals surface area contributed by atoms with E-state index in [-0.39, 0.29) is 11.9 Å². The van der Waals surface area contributed by atoms with Crippen LogP contribution in [0.25, 0.3) is 0 Å². The van der Waals surface area contributed by atoms with Crippen LogP contribution in [0.5, 0.6) is 0 Å². The highest BCUT2D eigenvalue weighted by atomic mass is 79.9. The molecule has 0 aliphatic rings. The number of hydrogen-bond acceptors (Lipinski definition) is 3. The predicted octanol–water partition coefficient (Wildman–Crippen LogP) is 3.66. The van der Waals surface area contributed by atoms with Crippen molar-refractivity contribution in [3.8, 4) is 0 Å². The average Bonchev–Trinajstić information content (AvgIpc) is 2.48. The number of aromatic nitrogens is 2. The zero-order chi connectivity index (χ0) is 14.4. The lowest BCUT2D eigenvalue weighted by Crippen LogP contribution is -2.24. The minimum Gasteiger partial charge on any atom is -0.310 e. The lowest BCUT2D eigenvalue weighted by Gasteiger charge is -2.19. The van der Waals surface area contributed by atoms with Crippen molar-refractivity contribution in [3.05, 3.63) is 58.1 Å². The van der Waals surface area contributed by atoms with Gasteiger partial charge in [0.1, 0.15) is 5.82 Å². The normalized spacial score (nSPS) is 12.3. The van der Waals surface area contributed by atoms with Crippen molar-refractivity contribution in [2.75, 3.05) is 6.54 Å². The van der Waals surface area contributed by atoms with Crippen LogP contribution in [0.2, 0.25) is 0 Å². The number of benzene rings is 1. The van der Waals surface area contributed by atoms with E-state index in [1.807, 2.05) is 12.1 Å². The molecule has 1 unspecified atom stereocenters. The number of nitrogens with zero attached hydrogens (tertiary/aromatic N) is 2. The zero-order valence-corrected chi connectivity index (χ0v) is 12.9. The Kier molecular flexibility index (Phi) is 5.61. The Balaban J connectivity index is 2.21. The third-order valence-corrected chi connectivity index (χ3v) is 3.99. The van der Waals surface area contributed by atoms with Gasteiger partial charge >= 0.3 is 0 Å². The summed E-state index contributed by atoms with van der Waals surface area (Å²) in [5, 5.41) is 11.2. The van der Waals surface area contributed by atoms with Gasteiger partial charge in [0, 0.05) is 12.2 Å². The van der Waals surface area contributed by atoms with Crippen LogP contribution in [-0.2, 0) is 6.42 Å². The highest BCUT2D eigenvalue weighted by molar-refractivity contribution is 9.10. The highest BCUT2D eigenvalue weighted by Gasteiger charge is 2.15. The maximum atomic E-state index is 13.6. The largest absolute Gasteiger partial charge is 0.310 e. The Morgan fingerprint density at radius 3 is 2.85 bits per heavy atom. The van der Waals surface area contributed by atoms with Crippen molar-refractivity contribution < 1.29 is 4.39 Å². The molecule has 0 saturated carbocycles. The van der Waals surface area contributed by atoms with Gasteiger partial charge in [-0.05, 0) is 58.6 Å². The van der Waals surface area contributed by atoms with E-state index >= 15 is 0 Å². The fourth-order valence-electron chi connectivity index (χ4n) is 2.06. The molecule has 0 radical (unpaired) electrons. The second kappa shape index (κ2) is 7.45. The molecule has 5 heteroatoms. The van der Waals surface area contributed by atoms with Gasteiger partial charge in [-0.25, -0.2) is 4.39 Å². The topological polar surface area (TPSA) is 37.8 Å². The monoisotopic (exact) mass is 337 g/mol. The summed E-state index contributed by atoms with van der Waals surface area (Å²) in [6.07, 6.45) is 5.17. The molecule has 0 aliphatic heterocycles. The van der Waals surface area contributed by atoms with Crippen LogP contribution in [0.4, 0.5) is 4.39 Å². The molecule has 0 fully saturated rings. The Labute approximate surface area is 126 Å². The van der Waals surface area contributed by atoms with Gasteiger partial charge < -0.3 is 5.32 Å². The van der Waals surface area contributed by atoms with Crippen LogP contribution in [-0.4, -0.2) is 16.7 Å². The molecule has 1 heterocycles. The van der Waals surface area contributed by atoms with E-state index in [1.165, 1.54) is 6.07 Å². The van der Waals surface area contributed by atoms with Gasteiger partial charge in [-0.1, -0.05) is 19.1 Å². The first-order chi connectivity index (χ1) is 9.72. The van der Waals surface area contributed by atoms with Gasteiger partial charge in [0.15, 0.2) is 0 Å². The minimum atomic E-state index is -0.232. The lowest BCUT2D eigenvalue weighted by molar-refractivity contribution is 0.523. The van der Waals surface area contributed by atoms with E-state index in [0.29, 0.717) is 10.9 Å². The number of rotatable bonds is 6. The second-order valence-electron chi connectivity index (χ2n) is 4.60. The van der Waals surface area contributed by atoms with Gasteiger partial charge in [-0.2, -0.15) is 10.2 Å². The smallest absolute Gasteiger partial charge is 0.137 e. The number of halogens is 2. The Hall–Kier alpha value is -1.33. The number of hydrogen-bond donors (Lipinski definition) is 1. The fourth-order valence-corrected chi connectivity index (χ4v) is 2.49. The number of nitrogens with one attached hydrogen (secondary N) is 1. The molecular weight excluding hydrogens is 321 g/mol. The van der Waals surface area contributed by atoms with Crippen LogP contribution in [0, 0.1) is 5.82 Å². The van der Waals surface area contributed by atoms with Crippen LogP contribution < -0.4 is 5.32 Å². The van der Waals surface area contributed by atoms with Crippen molar-refractivity contribution in [1.29, 1.82) is 0 Å². The van der Waals surface area contributed by atoms with E-state index in [2.05, 4.69) is 38.4 Å². The average molecular weight is 338 g/mol. The summed E-state index contributed by atoms with van der Waals surface area (Å²) in [7, 11) is 0. The maximum Gasteiger partial charge on any atom is 0.137 e. The van der Waals surface area contributed by atoms with E-state index < -0.39 is 0 Å². The minimum absolute atomic E-state index is 0.101. The standard InChI is InChI=1S/C15H17BrFN3/c1-2-7-18-14(12-6-8-19-20-10-12)9-11-4-3-5-13(17)15(11)16/h3-6,8,10,14,18H,2,7,9H2,1H3. The van der Waals surface area contributed by atoms with Gasteiger partial charge in [-0.3, -0.25) is 0 Å². The highest BCUT2D eigenvalue weighted by Crippen LogP contribution is 2.25. The molecular formula is C15H17BrFN3. The molecule has 1 aromatic carbocycles. The third-order valence-electron chi connectivity index (χ3n) is 3.11. The van der Waals surface area contributed by atoms with Gasteiger partial charge in [0.2, 0.25) is 0 Å². The molecule has 20 heavy (non-hydrogen) atoms. The van der Waals surface area contributed by atoms with Crippen molar-refractivity contribution in [3.63, 3.8) is 0 Å². The summed E-state index contributed by atoms with van der Waals surface area (Å²) in [5.74, 6) is -0.232. The first-order valence-corrected chi connectivity index (χ1v) is 7.44. The molecule has 106 valence electrons. The molecule has 0 spiro atoms. The van der Waals surface area contributed by atoms with E-state index in [1.54, 1.807) is 18.5 Å². The van der Waals surface area contributed by atoms with Crippen molar-refractivity contribution in [2.45, 2.75) is 25.8 Å². The van der Waals surface area contributed by atoms with Crippen LogP contribution in [0.1, 0.15) is 30.5 Å².